The van der Waals surface area contributed by atoms with Crippen LogP contribution in [0.5, 0.6) is 0 Å². The van der Waals surface area contributed by atoms with Gasteiger partial charge in [-0.15, -0.1) is 0 Å². The van der Waals surface area contributed by atoms with E-state index in [9.17, 15) is 9.18 Å². The molecule has 1 fully saturated rings. The SMILES string of the molecule is CC(C)(C)OC(=O)N1CCN(c2ccc(Nc3nc(Nc4cc5ccccc5cn4)ncc3F)cc2)CC1. The second-order valence-corrected chi connectivity index (χ2v) is 10.1. The summed E-state index contributed by atoms with van der Waals surface area (Å²) in [5.74, 6) is 0.292. The Balaban J connectivity index is 1.21. The Hall–Kier alpha value is -4.47. The normalized spacial score (nSPS) is 13.9. The number of carbonyl (C=O) groups is 1. The Morgan fingerprint density at radius 2 is 1.63 bits per heavy atom. The van der Waals surface area contributed by atoms with Gasteiger partial charge in [0.1, 0.15) is 11.4 Å². The molecule has 1 amide bonds. The Morgan fingerprint density at radius 3 is 2.34 bits per heavy atom. The first kappa shape index (κ1) is 25.2. The van der Waals surface area contributed by atoms with Gasteiger partial charge in [-0.1, -0.05) is 24.3 Å². The van der Waals surface area contributed by atoms with E-state index in [0.29, 0.717) is 37.7 Å². The van der Waals surface area contributed by atoms with Crippen molar-refractivity contribution in [2.45, 2.75) is 26.4 Å². The van der Waals surface area contributed by atoms with Gasteiger partial charge in [0.25, 0.3) is 0 Å². The highest BCUT2D eigenvalue weighted by atomic mass is 19.1. The molecule has 1 aliphatic rings. The summed E-state index contributed by atoms with van der Waals surface area (Å²) in [6.07, 6.45) is 2.60. The predicted octanol–water partition coefficient (Wildman–Crippen LogP) is 5.71. The molecule has 4 aromatic rings. The number of hydrogen-bond donors (Lipinski definition) is 2. The Morgan fingerprint density at radius 1 is 0.921 bits per heavy atom. The molecule has 0 radical (unpaired) electrons. The molecule has 3 heterocycles. The topological polar surface area (TPSA) is 95.5 Å². The molecule has 1 saturated heterocycles. The quantitative estimate of drug-likeness (QED) is 0.349. The van der Waals surface area contributed by atoms with Gasteiger partial charge >= 0.3 is 6.09 Å². The van der Waals surface area contributed by atoms with Gasteiger partial charge in [0.2, 0.25) is 5.95 Å². The highest BCUT2D eigenvalue weighted by Crippen LogP contribution is 2.25. The molecule has 196 valence electrons. The molecule has 2 aromatic heterocycles. The number of pyridine rings is 1. The van der Waals surface area contributed by atoms with Crippen molar-refractivity contribution >= 4 is 45.8 Å². The van der Waals surface area contributed by atoms with Crippen LogP contribution in [0, 0.1) is 5.82 Å². The molecular weight excluding hydrogens is 485 g/mol. The zero-order chi connectivity index (χ0) is 26.7. The molecule has 10 heteroatoms. The lowest BCUT2D eigenvalue weighted by molar-refractivity contribution is 0.0240. The fourth-order valence-electron chi connectivity index (χ4n) is 4.15. The number of fused-ring (bicyclic) bond motifs is 1. The minimum atomic E-state index is -0.565. The molecular formula is C28H30FN7O2. The monoisotopic (exact) mass is 515 g/mol. The first-order chi connectivity index (χ1) is 18.2. The highest BCUT2D eigenvalue weighted by molar-refractivity contribution is 5.84. The largest absolute Gasteiger partial charge is 0.444 e. The molecule has 0 unspecified atom stereocenters. The highest BCUT2D eigenvalue weighted by Gasteiger charge is 2.26. The maximum absolute atomic E-state index is 14.5. The predicted molar refractivity (Wildman–Crippen MR) is 147 cm³/mol. The minimum Gasteiger partial charge on any atom is -0.444 e. The van der Waals surface area contributed by atoms with Crippen LogP contribution < -0.4 is 15.5 Å². The molecule has 38 heavy (non-hydrogen) atoms. The maximum Gasteiger partial charge on any atom is 0.410 e. The summed E-state index contributed by atoms with van der Waals surface area (Å²) in [5, 5.41) is 8.12. The molecule has 2 N–H and O–H groups in total. The number of ether oxygens (including phenoxy) is 1. The van der Waals surface area contributed by atoms with E-state index in [2.05, 4.69) is 30.5 Å². The van der Waals surface area contributed by atoms with E-state index in [0.717, 1.165) is 22.7 Å². The summed E-state index contributed by atoms with van der Waals surface area (Å²) >= 11 is 0. The molecule has 9 nitrogen and oxygen atoms in total. The number of nitrogens with zero attached hydrogens (tertiary/aromatic N) is 5. The van der Waals surface area contributed by atoms with Crippen molar-refractivity contribution in [3.8, 4) is 0 Å². The smallest absolute Gasteiger partial charge is 0.410 e. The lowest BCUT2D eigenvalue weighted by atomic mass is 10.2. The van der Waals surface area contributed by atoms with Crippen LogP contribution in [-0.4, -0.2) is 57.7 Å². The number of benzene rings is 2. The van der Waals surface area contributed by atoms with Crippen molar-refractivity contribution in [2.24, 2.45) is 0 Å². The maximum atomic E-state index is 14.5. The Kier molecular flexibility index (Phi) is 6.95. The molecule has 0 saturated carbocycles. The van der Waals surface area contributed by atoms with E-state index in [4.69, 9.17) is 4.74 Å². The number of piperazine rings is 1. The summed E-state index contributed by atoms with van der Waals surface area (Å²) in [5.41, 5.74) is 1.20. The molecule has 0 aliphatic carbocycles. The van der Waals surface area contributed by atoms with Gasteiger partial charge in [-0.2, -0.15) is 4.98 Å². The summed E-state index contributed by atoms with van der Waals surface area (Å²) in [4.78, 5) is 29.0. The number of aromatic nitrogens is 3. The van der Waals surface area contributed by atoms with Crippen LogP contribution in [0.3, 0.4) is 0 Å². The van der Waals surface area contributed by atoms with Gasteiger partial charge in [-0.05, 0) is 56.5 Å². The van der Waals surface area contributed by atoms with Crippen LogP contribution in [-0.2, 0) is 4.74 Å². The molecule has 5 rings (SSSR count). The van der Waals surface area contributed by atoms with Crippen molar-refractivity contribution in [3.63, 3.8) is 0 Å². The Bertz CT molecular complexity index is 1430. The third-order valence-corrected chi connectivity index (χ3v) is 6.04. The van der Waals surface area contributed by atoms with Crippen LogP contribution >= 0.6 is 0 Å². The van der Waals surface area contributed by atoms with E-state index in [1.807, 2.05) is 75.4 Å². The van der Waals surface area contributed by atoms with Crippen molar-refractivity contribution in [1.29, 1.82) is 0 Å². The number of anilines is 5. The number of rotatable bonds is 5. The average Bonchev–Trinajstić information content (AvgIpc) is 2.90. The third-order valence-electron chi connectivity index (χ3n) is 6.04. The zero-order valence-corrected chi connectivity index (χ0v) is 21.6. The van der Waals surface area contributed by atoms with Crippen molar-refractivity contribution in [2.75, 3.05) is 41.7 Å². The van der Waals surface area contributed by atoms with E-state index in [1.54, 1.807) is 11.1 Å². The molecule has 1 aliphatic heterocycles. The lowest BCUT2D eigenvalue weighted by Crippen LogP contribution is -2.50. The average molecular weight is 516 g/mol. The van der Waals surface area contributed by atoms with Crippen LogP contribution in [0.15, 0.2) is 67.0 Å². The molecule has 0 bridgehead atoms. The van der Waals surface area contributed by atoms with E-state index in [1.165, 1.54) is 0 Å². The molecule has 2 aromatic carbocycles. The minimum absolute atomic E-state index is 0.0574. The number of nitrogens with one attached hydrogen (secondary N) is 2. The van der Waals surface area contributed by atoms with Gasteiger partial charge in [-0.3, -0.25) is 0 Å². The standard InChI is InChI=1S/C28H30FN7O2/c1-28(2,3)38-27(37)36-14-12-35(13-15-36)22-10-8-21(9-11-22)32-25-23(29)18-31-26(34-25)33-24-16-19-6-4-5-7-20(19)17-30-24/h4-11,16-18H,12-15H2,1-3H3,(H2,30,31,32,33,34). The van der Waals surface area contributed by atoms with E-state index < -0.39 is 11.4 Å². The van der Waals surface area contributed by atoms with Crippen molar-refractivity contribution in [1.82, 2.24) is 19.9 Å². The second kappa shape index (κ2) is 10.5. The lowest BCUT2D eigenvalue weighted by Gasteiger charge is -2.36. The molecule has 0 spiro atoms. The number of amides is 1. The summed E-state index contributed by atoms with van der Waals surface area (Å²) in [6, 6.07) is 17.4. The van der Waals surface area contributed by atoms with Gasteiger partial charge in [0.15, 0.2) is 11.6 Å². The fraction of sp³-hybridized carbons (Fsp3) is 0.286. The molecule has 0 atom stereocenters. The third kappa shape index (κ3) is 6.08. The number of carbonyl (C=O) groups excluding carboxylic acids is 1. The summed E-state index contributed by atoms with van der Waals surface area (Å²) < 4.78 is 20.0. The fourth-order valence-corrected chi connectivity index (χ4v) is 4.15. The van der Waals surface area contributed by atoms with Crippen LogP contribution in [0.4, 0.5) is 38.1 Å². The van der Waals surface area contributed by atoms with Crippen LogP contribution in [0.2, 0.25) is 0 Å². The van der Waals surface area contributed by atoms with Gasteiger partial charge < -0.3 is 25.2 Å². The first-order valence-corrected chi connectivity index (χ1v) is 12.5. The zero-order valence-electron chi connectivity index (χ0n) is 21.6. The first-order valence-electron chi connectivity index (χ1n) is 12.5. The van der Waals surface area contributed by atoms with Crippen molar-refractivity contribution in [3.05, 3.63) is 72.8 Å². The van der Waals surface area contributed by atoms with Crippen LogP contribution in [0.25, 0.3) is 10.8 Å². The van der Waals surface area contributed by atoms with Gasteiger partial charge in [-0.25, -0.2) is 19.2 Å². The number of hydrogen-bond acceptors (Lipinski definition) is 8. The van der Waals surface area contributed by atoms with Gasteiger partial charge in [0.05, 0.1) is 6.20 Å². The van der Waals surface area contributed by atoms with E-state index in [-0.39, 0.29) is 17.9 Å². The Labute approximate surface area is 220 Å². The van der Waals surface area contributed by atoms with Crippen molar-refractivity contribution < 1.29 is 13.9 Å². The summed E-state index contributed by atoms with van der Waals surface area (Å²) in [7, 11) is 0. The van der Waals surface area contributed by atoms with Crippen LogP contribution in [0.1, 0.15) is 20.8 Å². The second-order valence-electron chi connectivity index (χ2n) is 10.1. The van der Waals surface area contributed by atoms with Gasteiger partial charge in [0, 0.05) is 49.1 Å². The number of halogens is 1. The van der Waals surface area contributed by atoms with E-state index >= 15 is 0 Å². The summed E-state index contributed by atoms with van der Waals surface area (Å²) in [6.45, 7) is 8.16.